The molecule has 0 unspecified atom stereocenters. The molecule has 1 aliphatic rings. The number of halogens is 1. The van der Waals surface area contributed by atoms with Gasteiger partial charge in [-0.3, -0.25) is 10.1 Å². The van der Waals surface area contributed by atoms with Crippen LogP contribution < -0.4 is 0 Å². The van der Waals surface area contributed by atoms with Crippen LogP contribution in [-0.2, 0) is 4.84 Å². The second-order valence-corrected chi connectivity index (χ2v) is 5.09. The molecule has 3 rings (SSSR count). The summed E-state index contributed by atoms with van der Waals surface area (Å²) < 4.78 is 0. The predicted octanol–water partition coefficient (Wildman–Crippen LogP) is 3.46. The van der Waals surface area contributed by atoms with Gasteiger partial charge < -0.3 is 4.84 Å². The van der Waals surface area contributed by atoms with Crippen molar-refractivity contribution in [2.75, 3.05) is 0 Å². The fourth-order valence-corrected chi connectivity index (χ4v) is 2.54. The summed E-state index contributed by atoms with van der Waals surface area (Å²) >= 11 is 5.94. The molecule has 2 aromatic carbocycles. The molecule has 6 heteroatoms. The second kappa shape index (κ2) is 5.54. The molecule has 1 heterocycles. The van der Waals surface area contributed by atoms with Gasteiger partial charge in [0.1, 0.15) is 0 Å². The highest BCUT2D eigenvalue weighted by Gasteiger charge is 2.45. The zero-order chi connectivity index (χ0) is 14.8. The first-order valence-corrected chi connectivity index (χ1v) is 6.72. The minimum absolute atomic E-state index is 0.325. The molecule has 2 atom stereocenters. The Hall–Kier alpha value is -2.40. The molecule has 0 spiro atoms. The molecule has 0 radical (unpaired) electrons. The molecule has 0 bridgehead atoms. The van der Waals surface area contributed by atoms with E-state index < -0.39 is 12.1 Å². The lowest BCUT2D eigenvalue weighted by molar-refractivity contribution is -0.512. The summed E-state index contributed by atoms with van der Waals surface area (Å²) in [6.07, 6.45) is -0.770. The van der Waals surface area contributed by atoms with Crippen molar-refractivity contribution < 1.29 is 9.76 Å². The Labute approximate surface area is 125 Å². The van der Waals surface area contributed by atoms with Gasteiger partial charge in [0.15, 0.2) is 5.71 Å². The molecular weight excluding hydrogens is 292 g/mol. The molecule has 0 saturated heterocycles. The first kappa shape index (κ1) is 13.6. The van der Waals surface area contributed by atoms with E-state index in [9.17, 15) is 10.1 Å². The summed E-state index contributed by atoms with van der Waals surface area (Å²) in [5.74, 6) is 0. The minimum Gasteiger partial charge on any atom is -0.379 e. The van der Waals surface area contributed by atoms with Crippen LogP contribution in [0, 0.1) is 10.1 Å². The predicted molar refractivity (Wildman–Crippen MR) is 79.0 cm³/mol. The smallest absolute Gasteiger partial charge is 0.301 e. The van der Waals surface area contributed by atoms with Gasteiger partial charge in [0.2, 0.25) is 6.10 Å². The van der Waals surface area contributed by atoms with Crippen LogP contribution in [0.25, 0.3) is 0 Å². The largest absolute Gasteiger partial charge is 0.379 e. The summed E-state index contributed by atoms with van der Waals surface area (Å²) in [7, 11) is 0. The molecule has 0 N–H and O–H groups in total. The SMILES string of the molecule is O=[N+]([O-])[C@H]1C(c2ccccc2)=NO[C@@H]1c1cccc(Cl)c1. The standard InChI is InChI=1S/C15H11ClN2O3/c16-12-8-4-7-11(9-12)15-14(18(19)20)13(17-21-15)10-5-2-1-3-6-10/h1-9,14-15H/t14-,15+/m0/s1. The van der Waals surface area contributed by atoms with Crippen molar-refractivity contribution in [2.45, 2.75) is 12.1 Å². The number of rotatable bonds is 3. The van der Waals surface area contributed by atoms with Crippen LogP contribution in [0.2, 0.25) is 5.02 Å². The summed E-state index contributed by atoms with van der Waals surface area (Å²) in [5.41, 5.74) is 1.65. The van der Waals surface area contributed by atoms with E-state index in [1.54, 1.807) is 36.4 Å². The van der Waals surface area contributed by atoms with Crippen LogP contribution in [0.4, 0.5) is 0 Å². The molecule has 1 aliphatic heterocycles. The van der Waals surface area contributed by atoms with Crippen molar-refractivity contribution in [1.29, 1.82) is 0 Å². The zero-order valence-corrected chi connectivity index (χ0v) is 11.6. The van der Waals surface area contributed by atoms with Gasteiger partial charge >= 0.3 is 6.04 Å². The van der Waals surface area contributed by atoms with Gasteiger partial charge in [-0.25, -0.2) is 0 Å². The maximum absolute atomic E-state index is 11.5. The third-order valence-corrected chi connectivity index (χ3v) is 3.54. The van der Waals surface area contributed by atoms with Gasteiger partial charge in [-0.05, 0) is 12.1 Å². The first-order valence-electron chi connectivity index (χ1n) is 6.35. The van der Waals surface area contributed by atoms with Crippen molar-refractivity contribution in [1.82, 2.24) is 0 Å². The van der Waals surface area contributed by atoms with Gasteiger partial charge in [-0.1, -0.05) is 59.2 Å². The lowest BCUT2D eigenvalue weighted by atomic mass is 9.95. The van der Waals surface area contributed by atoms with Crippen molar-refractivity contribution in [3.8, 4) is 0 Å². The minimum atomic E-state index is -1.05. The summed E-state index contributed by atoms with van der Waals surface area (Å²) in [6, 6.07) is 14.8. The van der Waals surface area contributed by atoms with E-state index in [1.165, 1.54) is 0 Å². The van der Waals surface area contributed by atoms with E-state index in [0.29, 0.717) is 21.9 Å². The van der Waals surface area contributed by atoms with Crippen molar-refractivity contribution in [3.63, 3.8) is 0 Å². The monoisotopic (exact) mass is 302 g/mol. The molecule has 0 aromatic heterocycles. The maximum Gasteiger partial charge on any atom is 0.301 e. The fourth-order valence-electron chi connectivity index (χ4n) is 2.34. The molecule has 2 aromatic rings. The van der Waals surface area contributed by atoms with Gasteiger partial charge in [-0.2, -0.15) is 0 Å². The van der Waals surface area contributed by atoms with Gasteiger partial charge in [0.05, 0.1) is 0 Å². The van der Waals surface area contributed by atoms with Crippen molar-refractivity contribution in [3.05, 3.63) is 80.9 Å². The van der Waals surface area contributed by atoms with E-state index in [0.717, 1.165) is 0 Å². The van der Waals surface area contributed by atoms with E-state index in [4.69, 9.17) is 16.4 Å². The van der Waals surface area contributed by atoms with Gasteiger partial charge in [0, 0.05) is 21.1 Å². The van der Waals surface area contributed by atoms with Gasteiger partial charge in [0.25, 0.3) is 0 Å². The molecule has 0 amide bonds. The van der Waals surface area contributed by atoms with Gasteiger partial charge in [-0.15, -0.1) is 0 Å². The van der Waals surface area contributed by atoms with Crippen LogP contribution in [-0.4, -0.2) is 16.7 Å². The molecule has 5 nitrogen and oxygen atoms in total. The lowest BCUT2D eigenvalue weighted by Crippen LogP contribution is -2.32. The Kier molecular flexibility index (Phi) is 3.58. The van der Waals surface area contributed by atoms with Crippen LogP contribution in [0.15, 0.2) is 59.8 Å². The average Bonchev–Trinajstić information content (AvgIpc) is 2.93. The van der Waals surface area contributed by atoms with Crippen molar-refractivity contribution >= 4 is 17.3 Å². The Morgan fingerprint density at radius 3 is 2.57 bits per heavy atom. The summed E-state index contributed by atoms with van der Waals surface area (Å²) in [5, 5.41) is 15.9. The average molecular weight is 303 g/mol. The number of nitrogens with zero attached hydrogens (tertiary/aromatic N) is 2. The fraction of sp³-hybridized carbons (Fsp3) is 0.133. The quantitative estimate of drug-likeness (QED) is 0.644. The number of oxime groups is 1. The first-order chi connectivity index (χ1) is 10.2. The second-order valence-electron chi connectivity index (χ2n) is 4.65. The van der Waals surface area contributed by atoms with Crippen LogP contribution >= 0.6 is 11.6 Å². The molecule has 106 valence electrons. The van der Waals surface area contributed by atoms with Crippen molar-refractivity contribution in [2.24, 2.45) is 5.16 Å². The Bertz CT molecular complexity index is 703. The lowest BCUT2D eigenvalue weighted by Gasteiger charge is -2.13. The highest BCUT2D eigenvalue weighted by molar-refractivity contribution is 6.30. The number of hydrogen-bond acceptors (Lipinski definition) is 4. The molecular formula is C15H11ClN2O3. The zero-order valence-electron chi connectivity index (χ0n) is 10.8. The molecule has 0 saturated carbocycles. The third-order valence-electron chi connectivity index (χ3n) is 3.31. The Morgan fingerprint density at radius 2 is 1.90 bits per heavy atom. The number of nitro groups is 1. The van der Waals surface area contributed by atoms with E-state index in [1.807, 2.05) is 18.2 Å². The normalized spacial score (nSPS) is 20.7. The third kappa shape index (κ3) is 2.60. The topological polar surface area (TPSA) is 64.7 Å². The van der Waals surface area contributed by atoms with E-state index in [2.05, 4.69) is 5.16 Å². The van der Waals surface area contributed by atoms with Crippen LogP contribution in [0.1, 0.15) is 17.2 Å². The summed E-state index contributed by atoms with van der Waals surface area (Å²) in [4.78, 5) is 16.4. The van der Waals surface area contributed by atoms with Crippen LogP contribution in [0.3, 0.4) is 0 Å². The maximum atomic E-state index is 11.5. The number of hydrogen-bond donors (Lipinski definition) is 0. The highest BCUT2D eigenvalue weighted by atomic mass is 35.5. The van der Waals surface area contributed by atoms with Crippen LogP contribution in [0.5, 0.6) is 0 Å². The summed E-state index contributed by atoms with van der Waals surface area (Å²) in [6.45, 7) is 0. The molecule has 0 fully saturated rings. The Balaban J connectivity index is 1.98. The van der Waals surface area contributed by atoms with E-state index in [-0.39, 0.29) is 4.92 Å². The molecule has 21 heavy (non-hydrogen) atoms. The van der Waals surface area contributed by atoms with E-state index >= 15 is 0 Å². The molecule has 0 aliphatic carbocycles. The number of benzene rings is 2. The Morgan fingerprint density at radius 1 is 1.14 bits per heavy atom. The highest BCUT2D eigenvalue weighted by Crippen LogP contribution is 2.32.